The summed E-state index contributed by atoms with van der Waals surface area (Å²) in [7, 11) is 0. The van der Waals surface area contributed by atoms with E-state index in [0.29, 0.717) is 21.6 Å². The zero-order valence-corrected chi connectivity index (χ0v) is 19.7. The zero-order chi connectivity index (χ0) is 24.2. The molecule has 3 aromatic rings. The lowest BCUT2D eigenvalue weighted by atomic mass is 10.2. The molecule has 34 heavy (non-hydrogen) atoms. The maximum Gasteiger partial charge on any atom is 0.331 e. The Morgan fingerprint density at radius 3 is 2.53 bits per heavy atom. The summed E-state index contributed by atoms with van der Waals surface area (Å²) >= 11 is 6.04. The number of rotatable bonds is 7. The van der Waals surface area contributed by atoms with E-state index in [9.17, 15) is 19.2 Å². The monoisotopic (exact) mass is 482 g/mol. The Labute approximate surface area is 201 Å². The minimum atomic E-state index is -0.629. The van der Waals surface area contributed by atoms with Gasteiger partial charge in [0.1, 0.15) is 6.54 Å². The van der Waals surface area contributed by atoms with E-state index in [4.69, 9.17) is 11.6 Å². The van der Waals surface area contributed by atoms with Crippen LogP contribution in [0.2, 0.25) is 5.02 Å². The minimum absolute atomic E-state index is 0.0118. The van der Waals surface area contributed by atoms with Crippen molar-refractivity contribution in [1.82, 2.24) is 14.5 Å². The number of hydrogen-bond acceptors (Lipinski definition) is 4. The highest BCUT2D eigenvalue weighted by Crippen LogP contribution is 2.20. The van der Waals surface area contributed by atoms with Crippen molar-refractivity contribution < 1.29 is 9.59 Å². The van der Waals surface area contributed by atoms with E-state index < -0.39 is 17.2 Å². The number of carbonyl (C=O) groups excluding carboxylic acids is 2. The standard InChI is InChI=1S/C25H27ClN4O4/c1-16-10-11-17(26)14-20(16)28-23(32)15-30-21-9-5-4-8-19(21)24(33)29(25(30)34)13-12-22(31)27-18-6-2-3-7-18/h4-5,8-11,14,18H,2-3,6-7,12-13,15H2,1H3,(H,27,31)(H,28,32). The van der Waals surface area contributed by atoms with E-state index in [0.717, 1.165) is 35.8 Å². The molecule has 0 spiro atoms. The third-order valence-corrected chi connectivity index (χ3v) is 6.43. The summed E-state index contributed by atoms with van der Waals surface area (Å²) < 4.78 is 2.30. The molecule has 2 amide bonds. The van der Waals surface area contributed by atoms with E-state index in [-0.39, 0.29) is 31.5 Å². The predicted octanol–water partition coefficient (Wildman–Crippen LogP) is 3.21. The van der Waals surface area contributed by atoms with Crippen molar-refractivity contribution in [3.8, 4) is 0 Å². The largest absolute Gasteiger partial charge is 0.353 e. The van der Waals surface area contributed by atoms with Crippen LogP contribution in [0.3, 0.4) is 0 Å². The van der Waals surface area contributed by atoms with Gasteiger partial charge < -0.3 is 10.6 Å². The van der Waals surface area contributed by atoms with Crippen molar-refractivity contribution in [2.75, 3.05) is 5.32 Å². The first-order valence-corrected chi connectivity index (χ1v) is 11.8. The molecule has 2 aromatic carbocycles. The number of nitrogens with one attached hydrogen (secondary N) is 2. The van der Waals surface area contributed by atoms with Crippen molar-refractivity contribution in [3.05, 3.63) is 73.9 Å². The van der Waals surface area contributed by atoms with Gasteiger partial charge in [0.2, 0.25) is 11.8 Å². The Balaban J connectivity index is 1.60. The van der Waals surface area contributed by atoms with Crippen molar-refractivity contribution in [1.29, 1.82) is 0 Å². The van der Waals surface area contributed by atoms with E-state index in [1.807, 2.05) is 6.92 Å². The Morgan fingerprint density at radius 1 is 1.03 bits per heavy atom. The molecule has 8 nitrogen and oxygen atoms in total. The lowest BCUT2D eigenvalue weighted by Gasteiger charge is -2.15. The van der Waals surface area contributed by atoms with Gasteiger partial charge in [0.25, 0.3) is 5.56 Å². The highest BCUT2D eigenvalue weighted by Gasteiger charge is 2.19. The fourth-order valence-corrected chi connectivity index (χ4v) is 4.54. The van der Waals surface area contributed by atoms with Gasteiger partial charge in [0.05, 0.1) is 10.9 Å². The molecule has 0 aliphatic heterocycles. The molecule has 9 heteroatoms. The van der Waals surface area contributed by atoms with Gasteiger partial charge >= 0.3 is 5.69 Å². The molecule has 1 saturated carbocycles. The van der Waals surface area contributed by atoms with Crippen LogP contribution in [-0.2, 0) is 22.7 Å². The molecule has 0 saturated heterocycles. The van der Waals surface area contributed by atoms with Crippen LogP contribution < -0.4 is 21.9 Å². The third-order valence-electron chi connectivity index (χ3n) is 6.19. The quantitative estimate of drug-likeness (QED) is 0.539. The first kappa shape index (κ1) is 23.8. The van der Waals surface area contributed by atoms with Crippen LogP contribution in [0.1, 0.15) is 37.7 Å². The summed E-state index contributed by atoms with van der Waals surface area (Å²) in [6.07, 6.45) is 4.11. The molecule has 0 radical (unpaired) electrons. The first-order chi connectivity index (χ1) is 16.3. The van der Waals surface area contributed by atoms with Crippen LogP contribution in [0.4, 0.5) is 5.69 Å². The summed E-state index contributed by atoms with van der Waals surface area (Å²) in [6, 6.07) is 12.0. The van der Waals surface area contributed by atoms with Gasteiger partial charge in [-0.3, -0.25) is 23.5 Å². The highest BCUT2D eigenvalue weighted by atomic mass is 35.5. The molecule has 1 heterocycles. The number of benzene rings is 2. The number of nitrogens with zero attached hydrogens (tertiary/aromatic N) is 2. The summed E-state index contributed by atoms with van der Waals surface area (Å²) in [6.45, 7) is 1.49. The number of carbonyl (C=O) groups is 2. The van der Waals surface area contributed by atoms with Crippen LogP contribution in [0, 0.1) is 6.92 Å². The molecule has 4 rings (SSSR count). The maximum absolute atomic E-state index is 13.3. The summed E-state index contributed by atoms with van der Waals surface area (Å²) in [5.74, 6) is -0.617. The smallest absolute Gasteiger partial charge is 0.331 e. The van der Waals surface area contributed by atoms with Gasteiger partial charge in [-0.2, -0.15) is 0 Å². The second-order valence-electron chi connectivity index (χ2n) is 8.65. The van der Waals surface area contributed by atoms with Crippen LogP contribution in [-0.4, -0.2) is 27.0 Å². The second-order valence-corrected chi connectivity index (χ2v) is 9.09. The number of hydrogen-bond donors (Lipinski definition) is 2. The number of halogens is 1. The van der Waals surface area contributed by atoms with Gasteiger partial charge in [-0.1, -0.05) is 42.6 Å². The predicted molar refractivity (Wildman–Crippen MR) is 132 cm³/mol. The molecule has 0 bridgehead atoms. The second kappa shape index (κ2) is 10.3. The molecule has 1 aliphatic rings. The number of fused-ring (bicyclic) bond motifs is 1. The summed E-state index contributed by atoms with van der Waals surface area (Å²) in [5.41, 5.74) is 0.633. The molecule has 0 unspecified atom stereocenters. The van der Waals surface area contributed by atoms with Crippen molar-refractivity contribution in [2.45, 2.75) is 58.2 Å². The van der Waals surface area contributed by atoms with E-state index in [2.05, 4.69) is 10.6 Å². The average molecular weight is 483 g/mol. The van der Waals surface area contributed by atoms with Crippen LogP contribution in [0.5, 0.6) is 0 Å². The molecule has 1 aliphatic carbocycles. The Bertz CT molecular complexity index is 1360. The number of aromatic nitrogens is 2. The van der Waals surface area contributed by atoms with E-state index in [1.54, 1.807) is 42.5 Å². The Hall–Kier alpha value is -3.39. The fourth-order valence-electron chi connectivity index (χ4n) is 4.37. The number of anilines is 1. The number of aryl methyl sites for hydroxylation is 1. The fraction of sp³-hybridized carbons (Fsp3) is 0.360. The van der Waals surface area contributed by atoms with Crippen LogP contribution >= 0.6 is 11.6 Å². The first-order valence-electron chi connectivity index (χ1n) is 11.4. The van der Waals surface area contributed by atoms with Gasteiger partial charge in [-0.05, 0) is 49.6 Å². The van der Waals surface area contributed by atoms with E-state index >= 15 is 0 Å². The number of para-hydroxylation sites is 1. The SMILES string of the molecule is Cc1ccc(Cl)cc1NC(=O)Cn1c(=O)n(CCC(=O)NC2CCCC2)c(=O)c2ccccc21. The zero-order valence-electron chi connectivity index (χ0n) is 19.0. The Kier molecular flexibility index (Phi) is 7.17. The van der Waals surface area contributed by atoms with Gasteiger partial charge in [-0.15, -0.1) is 0 Å². The van der Waals surface area contributed by atoms with Crippen molar-refractivity contribution in [3.63, 3.8) is 0 Å². The molecular formula is C25H27ClN4O4. The lowest BCUT2D eigenvalue weighted by Crippen LogP contribution is -2.43. The highest BCUT2D eigenvalue weighted by molar-refractivity contribution is 6.31. The summed E-state index contributed by atoms with van der Waals surface area (Å²) in [4.78, 5) is 51.5. The molecule has 0 atom stereocenters. The third kappa shape index (κ3) is 5.22. The van der Waals surface area contributed by atoms with Crippen LogP contribution in [0.25, 0.3) is 10.9 Å². The molecule has 2 N–H and O–H groups in total. The average Bonchev–Trinajstić information content (AvgIpc) is 3.32. The van der Waals surface area contributed by atoms with Gasteiger partial charge in [0, 0.05) is 29.7 Å². The van der Waals surface area contributed by atoms with Crippen LogP contribution in [0.15, 0.2) is 52.1 Å². The van der Waals surface area contributed by atoms with Crippen molar-refractivity contribution in [2.24, 2.45) is 0 Å². The molecule has 1 fully saturated rings. The minimum Gasteiger partial charge on any atom is -0.353 e. The molecule has 1 aromatic heterocycles. The van der Waals surface area contributed by atoms with Gasteiger partial charge in [-0.25, -0.2) is 4.79 Å². The topological polar surface area (TPSA) is 102 Å². The summed E-state index contributed by atoms with van der Waals surface area (Å²) in [5, 5.41) is 6.54. The lowest BCUT2D eigenvalue weighted by molar-refractivity contribution is -0.122. The van der Waals surface area contributed by atoms with E-state index in [1.165, 1.54) is 4.57 Å². The number of amides is 2. The molecular weight excluding hydrogens is 456 g/mol. The molecule has 178 valence electrons. The maximum atomic E-state index is 13.3. The Morgan fingerprint density at radius 2 is 1.76 bits per heavy atom. The van der Waals surface area contributed by atoms with Gasteiger partial charge in [0.15, 0.2) is 0 Å². The normalized spacial score (nSPS) is 13.8. The van der Waals surface area contributed by atoms with Crippen molar-refractivity contribution >= 4 is 40.0 Å².